The second-order valence-electron chi connectivity index (χ2n) is 4.69. The van der Waals surface area contributed by atoms with Crippen LogP contribution in [0.5, 0.6) is 0 Å². The summed E-state index contributed by atoms with van der Waals surface area (Å²) in [4.78, 5) is 12.3. The van der Waals surface area contributed by atoms with Gasteiger partial charge in [0.1, 0.15) is 0 Å². The largest absolute Gasteiger partial charge is 0.351 e. The van der Waals surface area contributed by atoms with Crippen molar-refractivity contribution in [2.45, 2.75) is 51.1 Å². The minimum atomic E-state index is -0.276. The Kier molecular flexibility index (Phi) is 5.62. The molecule has 0 bridgehead atoms. The van der Waals surface area contributed by atoms with E-state index in [-0.39, 0.29) is 17.5 Å². The Morgan fingerprint density at radius 1 is 1.62 bits per heavy atom. The number of nitrogens with one attached hydrogen (secondary N) is 2. The van der Waals surface area contributed by atoms with Gasteiger partial charge in [-0.25, -0.2) is 0 Å². The molecule has 4 heteroatoms. The average Bonchev–Trinajstić information content (AvgIpc) is 2.68. The fraction of sp³-hybridized carbons (Fsp3) is 0.917. The first-order valence-electron chi connectivity index (χ1n) is 6.19. The highest BCUT2D eigenvalue weighted by Gasteiger charge is 2.40. The molecular formula is C12H24N2OS. The van der Waals surface area contributed by atoms with Crippen molar-refractivity contribution in [3.63, 3.8) is 0 Å². The van der Waals surface area contributed by atoms with Crippen LogP contribution in [-0.2, 0) is 4.79 Å². The van der Waals surface area contributed by atoms with Gasteiger partial charge in [0.2, 0.25) is 5.91 Å². The van der Waals surface area contributed by atoms with Crippen LogP contribution < -0.4 is 10.6 Å². The van der Waals surface area contributed by atoms with Crippen LogP contribution in [0, 0.1) is 0 Å². The van der Waals surface area contributed by atoms with Crippen molar-refractivity contribution in [1.82, 2.24) is 10.6 Å². The molecule has 2 atom stereocenters. The molecule has 0 aromatic heterocycles. The van der Waals surface area contributed by atoms with Gasteiger partial charge in [-0.1, -0.05) is 13.3 Å². The lowest BCUT2D eigenvalue weighted by atomic mass is 9.90. The molecule has 1 fully saturated rings. The number of carbonyl (C=O) groups is 1. The third-order valence-corrected chi connectivity index (χ3v) is 3.98. The van der Waals surface area contributed by atoms with Crippen molar-refractivity contribution < 1.29 is 4.79 Å². The van der Waals surface area contributed by atoms with Crippen molar-refractivity contribution >= 4 is 17.7 Å². The van der Waals surface area contributed by atoms with Crippen LogP contribution in [-0.4, -0.2) is 36.0 Å². The maximum absolute atomic E-state index is 12.3. The number of thioether (sulfide) groups is 1. The van der Waals surface area contributed by atoms with Gasteiger partial charge in [0.05, 0.1) is 5.54 Å². The standard InChI is InChI=1S/C12H24N2OS/c1-4-6-12(7-5-8-13-12)11(15)14-10(2)9-16-3/h10,13H,4-9H2,1-3H3,(H,14,15). The normalized spacial score (nSPS) is 26.7. The van der Waals surface area contributed by atoms with Crippen LogP contribution >= 0.6 is 11.8 Å². The van der Waals surface area contributed by atoms with Crippen LogP contribution in [0.2, 0.25) is 0 Å². The van der Waals surface area contributed by atoms with E-state index in [4.69, 9.17) is 0 Å². The summed E-state index contributed by atoms with van der Waals surface area (Å²) in [6, 6.07) is 0.263. The third kappa shape index (κ3) is 3.39. The fourth-order valence-electron chi connectivity index (χ4n) is 2.41. The molecule has 1 heterocycles. The second-order valence-corrected chi connectivity index (χ2v) is 5.60. The summed E-state index contributed by atoms with van der Waals surface area (Å²) < 4.78 is 0. The van der Waals surface area contributed by atoms with E-state index in [1.165, 1.54) is 0 Å². The summed E-state index contributed by atoms with van der Waals surface area (Å²) in [6.07, 6.45) is 6.17. The van der Waals surface area contributed by atoms with E-state index >= 15 is 0 Å². The molecule has 3 nitrogen and oxygen atoms in total. The molecule has 1 aliphatic rings. The molecule has 0 spiro atoms. The molecule has 1 rings (SSSR count). The first-order valence-corrected chi connectivity index (χ1v) is 7.59. The van der Waals surface area contributed by atoms with Crippen molar-refractivity contribution in [3.8, 4) is 0 Å². The first kappa shape index (κ1) is 13.8. The fourth-order valence-corrected chi connectivity index (χ4v) is 2.99. The summed E-state index contributed by atoms with van der Waals surface area (Å²) >= 11 is 1.77. The molecular weight excluding hydrogens is 220 g/mol. The summed E-state index contributed by atoms with van der Waals surface area (Å²) in [5, 5.41) is 6.53. The number of hydrogen-bond donors (Lipinski definition) is 2. The number of hydrogen-bond acceptors (Lipinski definition) is 3. The van der Waals surface area contributed by atoms with Crippen LogP contribution in [0.25, 0.3) is 0 Å². The van der Waals surface area contributed by atoms with Crippen LogP contribution in [0.3, 0.4) is 0 Å². The number of carbonyl (C=O) groups excluding carboxylic acids is 1. The third-order valence-electron chi connectivity index (χ3n) is 3.15. The van der Waals surface area contributed by atoms with Crippen LogP contribution in [0.15, 0.2) is 0 Å². The molecule has 0 radical (unpaired) electrons. The van der Waals surface area contributed by atoms with Gasteiger partial charge in [0.15, 0.2) is 0 Å². The molecule has 0 aromatic rings. The molecule has 0 saturated carbocycles. The lowest BCUT2D eigenvalue weighted by molar-refractivity contribution is -0.127. The summed E-state index contributed by atoms with van der Waals surface area (Å²) in [7, 11) is 0. The second kappa shape index (κ2) is 6.50. The summed E-state index contributed by atoms with van der Waals surface area (Å²) in [6.45, 7) is 5.19. The van der Waals surface area contributed by atoms with E-state index in [0.29, 0.717) is 0 Å². The minimum Gasteiger partial charge on any atom is -0.351 e. The van der Waals surface area contributed by atoms with Gasteiger partial charge in [0, 0.05) is 11.8 Å². The Morgan fingerprint density at radius 3 is 2.88 bits per heavy atom. The van der Waals surface area contributed by atoms with Crippen molar-refractivity contribution in [2.24, 2.45) is 0 Å². The minimum absolute atomic E-state index is 0.202. The topological polar surface area (TPSA) is 41.1 Å². The molecule has 1 aliphatic heterocycles. The van der Waals surface area contributed by atoms with Gasteiger partial charge in [-0.3, -0.25) is 4.79 Å². The van der Waals surface area contributed by atoms with Crippen molar-refractivity contribution in [3.05, 3.63) is 0 Å². The smallest absolute Gasteiger partial charge is 0.240 e. The van der Waals surface area contributed by atoms with E-state index in [9.17, 15) is 4.79 Å². The van der Waals surface area contributed by atoms with Gasteiger partial charge < -0.3 is 10.6 Å². The van der Waals surface area contributed by atoms with E-state index in [2.05, 4.69) is 30.7 Å². The van der Waals surface area contributed by atoms with E-state index in [0.717, 1.165) is 38.0 Å². The van der Waals surface area contributed by atoms with Crippen molar-refractivity contribution in [1.29, 1.82) is 0 Å². The highest BCUT2D eigenvalue weighted by molar-refractivity contribution is 7.98. The molecule has 2 N–H and O–H groups in total. The van der Waals surface area contributed by atoms with E-state index in [1.54, 1.807) is 11.8 Å². The highest BCUT2D eigenvalue weighted by Crippen LogP contribution is 2.25. The Bertz CT molecular complexity index is 227. The van der Waals surface area contributed by atoms with Gasteiger partial charge >= 0.3 is 0 Å². The Morgan fingerprint density at radius 2 is 2.38 bits per heavy atom. The van der Waals surface area contributed by atoms with Gasteiger partial charge in [-0.05, 0) is 39.0 Å². The Balaban J connectivity index is 2.54. The Hall–Kier alpha value is -0.220. The predicted molar refractivity (Wildman–Crippen MR) is 70.9 cm³/mol. The zero-order valence-corrected chi connectivity index (χ0v) is 11.5. The van der Waals surface area contributed by atoms with Gasteiger partial charge in [0.25, 0.3) is 0 Å². The number of rotatable bonds is 6. The molecule has 94 valence electrons. The SMILES string of the molecule is CCCC1(C(=O)NC(C)CSC)CCCN1. The molecule has 16 heavy (non-hydrogen) atoms. The lowest BCUT2D eigenvalue weighted by Crippen LogP contribution is -2.55. The zero-order chi connectivity index (χ0) is 12.0. The maximum atomic E-state index is 12.3. The molecule has 2 unspecified atom stereocenters. The molecule has 0 aliphatic carbocycles. The zero-order valence-electron chi connectivity index (χ0n) is 10.6. The van der Waals surface area contributed by atoms with Crippen LogP contribution in [0.4, 0.5) is 0 Å². The Labute approximate surface area is 103 Å². The molecule has 1 amide bonds. The van der Waals surface area contributed by atoms with E-state index in [1.807, 2.05) is 0 Å². The summed E-state index contributed by atoms with van der Waals surface area (Å²) in [5.41, 5.74) is -0.276. The number of amides is 1. The van der Waals surface area contributed by atoms with Crippen molar-refractivity contribution in [2.75, 3.05) is 18.6 Å². The lowest BCUT2D eigenvalue weighted by Gasteiger charge is -2.29. The monoisotopic (exact) mass is 244 g/mol. The average molecular weight is 244 g/mol. The summed E-state index contributed by atoms with van der Waals surface area (Å²) in [5.74, 6) is 1.18. The van der Waals surface area contributed by atoms with Crippen LogP contribution in [0.1, 0.15) is 39.5 Å². The first-order chi connectivity index (χ1) is 7.64. The van der Waals surface area contributed by atoms with E-state index < -0.39 is 0 Å². The molecule has 1 saturated heterocycles. The highest BCUT2D eigenvalue weighted by atomic mass is 32.2. The predicted octanol–water partition coefficient (Wildman–Crippen LogP) is 1.78. The molecule has 0 aromatic carbocycles. The van der Waals surface area contributed by atoms with Gasteiger partial charge in [-0.2, -0.15) is 11.8 Å². The van der Waals surface area contributed by atoms with Gasteiger partial charge in [-0.15, -0.1) is 0 Å². The maximum Gasteiger partial charge on any atom is 0.240 e. The quantitative estimate of drug-likeness (QED) is 0.748.